The number of benzene rings is 1. The zero-order valence-corrected chi connectivity index (χ0v) is 14.9. The van der Waals surface area contributed by atoms with Gasteiger partial charge < -0.3 is 16.8 Å². The Hall–Kier alpha value is -2.57. The zero-order chi connectivity index (χ0) is 18.0. The fourth-order valence-electron chi connectivity index (χ4n) is 3.84. The van der Waals surface area contributed by atoms with Gasteiger partial charge in [0.1, 0.15) is 5.66 Å². The highest BCUT2D eigenvalue weighted by atomic mass is 16.1. The van der Waals surface area contributed by atoms with Crippen LogP contribution >= 0.6 is 0 Å². The number of aliphatic imine (C=N–C) groups is 2. The highest BCUT2D eigenvalue weighted by Gasteiger charge is 2.43. The molecule has 2 aliphatic rings. The van der Waals surface area contributed by atoms with Crippen LogP contribution in [0.5, 0.6) is 0 Å². The van der Waals surface area contributed by atoms with Gasteiger partial charge in [0.2, 0.25) is 11.9 Å². The van der Waals surface area contributed by atoms with Crippen LogP contribution in [0.4, 0.5) is 5.69 Å². The van der Waals surface area contributed by atoms with Crippen molar-refractivity contribution < 1.29 is 4.79 Å². The fourth-order valence-corrected chi connectivity index (χ4v) is 3.84. The van der Waals surface area contributed by atoms with Crippen molar-refractivity contribution >= 4 is 23.5 Å². The molecule has 1 amide bonds. The van der Waals surface area contributed by atoms with Gasteiger partial charge >= 0.3 is 0 Å². The van der Waals surface area contributed by atoms with Crippen molar-refractivity contribution in [2.45, 2.75) is 51.6 Å². The first-order chi connectivity index (χ1) is 12.0. The van der Waals surface area contributed by atoms with Crippen LogP contribution in [-0.2, 0) is 0 Å². The minimum Gasteiger partial charge on any atom is -0.369 e. The number of nitrogens with two attached hydrogens (primary N) is 2. The molecule has 0 saturated heterocycles. The first-order valence-corrected chi connectivity index (χ1v) is 8.86. The van der Waals surface area contributed by atoms with E-state index in [4.69, 9.17) is 11.5 Å². The molecule has 1 fully saturated rings. The van der Waals surface area contributed by atoms with Crippen LogP contribution in [0.15, 0.2) is 28.2 Å². The largest absolute Gasteiger partial charge is 0.369 e. The van der Waals surface area contributed by atoms with E-state index in [0.29, 0.717) is 18.1 Å². The Bertz CT molecular complexity index is 733. The number of guanidine groups is 2. The molecule has 5 N–H and O–H groups in total. The van der Waals surface area contributed by atoms with E-state index in [0.717, 1.165) is 36.9 Å². The van der Waals surface area contributed by atoms with E-state index in [1.54, 1.807) is 0 Å². The molecule has 3 rings (SSSR count). The maximum atomic E-state index is 12.4. The van der Waals surface area contributed by atoms with Gasteiger partial charge in [0.15, 0.2) is 0 Å². The van der Waals surface area contributed by atoms with E-state index in [9.17, 15) is 4.79 Å². The van der Waals surface area contributed by atoms with Crippen molar-refractivity contribution in [3.63, 3.8) is 0 Å². The van der Waals surface area contributed by atoms with Crippen LogP contribution in [0, 0.1) is 6.92 Å². The number of nitrogens with one attached hydrogen (secondary N) is 1. The SMILES string of the molecule is CCNC(=O)c1cccc(N2C(N)=NC(N)=NC23CCCCC3)c1C. The summed E-state index contributed by atoms with van der Waals surface area (Å²) in [4.78, 5) is 23.2. The van der Waals surface area contributed by atoms with Crippen molar-refractivity contribution in [2.75, 3.05) is 11.4 Å². The Kier molecular flexibility index (Phi) is 4.65. The van der Waals surface area contributed by atoms with Gasteiger partial charge in [-0.1, -0.05) is 12.5 Å². The number of hydrogen-bond acceptors (Lipinski definition) is 6. The molecule has 0 aromatic heterocycles. The number of carbonyl (C=O) groups is 1. The van der Waals surface area contributed by atoms with E-state index in [2.05, 4.69) is 15.3 Å². The highest BCUT2D eigenvalue weighted by molar-refractivity contribution is 6.07. The van der Waals surface area contributed by atoms with Gasteiger partial charge in [-0.15, -0.1) is 0 Å². The second kappa shape index (κ2) is 6.74. The van der Waals surface area contributed by atoms with Gasteiger partial charge in [0, 0.05) is 17.8 Å². The van der Waals surface area contributed by atoms with Gasteiger partial charge in [0.25, 0.3) is 5.91 Å². The van der Waals surface area contributed by atoms with E-state index in [1.807, 2.05) is 36.9 Å². The summed E-state index contributed by atoms with van der Waals surface area (Å²) in [6.07, 6.45) is 5.05. The summed E-state index contributed by atoms with van der Waals surface area (Å²) in [6, 6.07) is 5.67. The van der Waals surface area contributed by atoms with Crippen LogP contribution in [0.3, 0.4) is 0 Å². The third kappa shape index (κ3) is 3.06. The molecular formula is C18H26N6O. The molecule has 7 nitrogen and oxygen atoms in total. The molecule has 1 spiro atoms. The van der Waals surface area contributed by atoms with Crippen LogP contribution < -0.4 is 21.7 Å². The lowest BCUT2D eigenvalue weighted by Crippen LogP contribution is -2.58. The minimum atomic E-state index is -0.501. The van der Waals surface area contributed by atoms with Crippen LogP contribution in [0.2, 0.25) is 0 Å². The number of hydrogen-bond donors (Lipinski definition) is 3. The molecule has 1 aromatic rings. The summed E-state index contributed by atoms with van der Waals surface area (Å²) >= 11 is 0. The second-order valence-electron chi connectivity index (χ2n) is 6.63. The molecule has 1 aliphatic heterocycles. The number of carbonyl (C=O) groups excluding carboxylic acids is 1. The molecule has 1 heterocycles. The first-order valence-electron chi connectivity index (χ1n) is 8.86. The minimum absolute atomic E-state index is 0.0879. The maximum absolute atomic E-state index is 12.4. The van der Waals surface area contributed by atoms with Crippen molar-refractivity contribution in [1.82, 2.24) is 5.32 Å². The molecule has 0 bridgehead atoms. The standard InChI is InChI=1S/C18H26N6O/c1-3-21-15(25)13-8-7-9-14(12(13)2)24-17(20)22-16(19)23-18(24)10-5-4-6-11-18/h7-9H,3-6,10-11H2,1-2H3,(H,21,25)(H4,19,20,22,23). The Balaban J connectivity index is 2.09. The van der Waals surface area contributed by atoms with Crippen molar-refractivity contribution in [3.8, 4) is 0 Å². The normalized spacial score (nSPS) is 19.4. The molecule has 7 heteroatoms. The number of nitrogens with zero attached hydrogens (tertiary/aromatic N) is 3. The average Bonchev–Trinajstić information content (AvgIpc) is 2.56. The van der Waals surface area contributed by atoms with Gasteiger partial charge in [-0.2, -0.15) is 4.99 Å². The lowest BCUT2D eigenvalue weighted by molar-refractivity contribution is 0.0955. The molecule has 134 valence electrons. The Morgan fingerprint density at radius 3 is 2.68 bits per heavy atom. The van der Waals surface area contributed by atoms with E-state index >= 15 is 0 Å². The molecule has 0 atom stereocenters. The summed E-state index contributed by atoms with van der Waals surface area (Å²) in [5.41, 5.74) is 14.1. The molecule has 1 aliphatic carbocycles. The quantitative estimate of drug-likeness (QED) is 0.779. The first kappa shape index (κ1) is 17.3. The Labute approximate surface area is 148 Å². The molecule has 1 aromatic carbocycles. The van der Waals surface area contributed by atoms with Gasteiger partial charge in [-0.25, -0.2) is 4.99 Å². The van der Waals surface area contributed by atoms with Crippen LogP contribution in [-0.4, -0.2) is 30.0 Å². The predicted octanol–water partition coefficient (Wildman–Crippen LogP) is 1.85. The zero-order valence-electron chi connectivity index (χ0n) is 14.9. The highest BCUT2D eigenvalue weighted by Crippen LogP contribution is 2.40. The molecule has 25 heavy (non-hydrogen) atoms. The third-order valence-corrected chi connectivity index (χ3v) is 4.98. The molecule has 1 saturated carbocycles. The number of rotatable bonds is 3. The Morgan fingerprint density at radius 1 is 1.28 bits per heavy atom. The number of anilines is 1. The van der Waals surface area contributed by atoms with Crippen molar-refractivity contribution in [2.24, 2.45) is 21.5 Å². The fraction of sp³-hybridized carbons (Fsp3) is 0.500. The van der Waals surface area contributed by atoms with Crippen LogP contribution in [0.25, 0.3) is 0 Å². The molecular weight excluding hydrogens is 316 g/mol. The van der Waals surface area contributed by atoms with Crippen molar-refractivity contribution in [1.29, 1.82) is 0 Å². The Morgan fingerprint density at radius 2 is 2.00 bits per heavy atom. The van der Waals surface area contributed by atoms with Gasteiger partial charge in [0.05, 0.1) is 0 Å². The van der Waals surface area contributed by atoms with E-state index in [-0.39, 0.29) is 11.9 Å². The summed E-state index contributed by atoms with van der Waals surface area (Å²) in [5.74, 6) is 0.480. The summed E-state index contributed by atoms with van der Waals surface area (Å²) in [6.45, 7) is 4.42. The lowest BCUT2D eigenvalue weighted by Gasteiger charge is -2.46. The molecule has 0 unspecified atom stereocenters. The third-order valence-electron chi connectivity index (χ3n) is 4.98. The van der Waals surface area contributed by atoms with Gasteiger partial charge in [-0.05, 0) is 57.2 Å². The summed E-state index contributed by atoms with van der Waals surface area (Å²) < 4.78 is 0. The predicted molar refractivity (Wildman–Crippen MR) is 101 cm³/mol. The summed E-state index contributed by atoms with van der Waals surface area (Å²) in [5, 5.41) is 2.86. The second-order valence-corrected chi connectivity index (χ2v) is 6.63. The monoisotopic (exact) mass is 342 g/mol. The van der Waals surface area contributed by atoms with E-state index < -0.39 is 5.66 Å². The lowest BCUT2D eigenvalue weighted by atomic mass is 9.86. The smallest absolute Gasteiger partial charge is 0.251 e. The maximum Gasteiger partial charge on any atom is 0.251 e. The molecule has 0 radical (unpaired) electrons. The number of amides is 1. The van der Waals surface area contributed by atoms with Crippen molar-refractivity contribution in [3.05, 3.63) is 29.3 Å². The topological polar surface area (TPSA) is 109 Å². The van der Waals surface area contributed by atoms with Crippen LogP contribution in [0.1, 0.15) is 54.9 Å². The average molecular weight is 342 g/mol. The van der Waals surface area contributed by atoms with E-state index in [1.165, 1.54) is 6.42 Å². The van der Waals surface area contributed by atoms with Gasteiger partial charge in [-0.3, -0.25) is 9.69 Å². The summed E-state index contributed by atoms with van der Waals surface area (Å²) in [7, 11) is 0.